The van der Waals surface area contributed by atoms with E-state index in [-0.39, 0.29) is 29.6 Å². The van der Waals surface area contributed by atoms with Gasteiger partial charge in [0.05, 0.1) is 22.3 Å². The van der Waals surface area contributed by atoms with Gasteiger partial charge in [-0.3, -0.25) is 4.79 Å². The molecule has 4 rings (SSSR count). The number of aromatic nitrogens is 2. The number of nitrogens with one attached hydrogen (secondary N) is 1. The lowest BCUT2D eigenvalue weighted by atomic mass is 10.1. The second kappa shape index (κ2) is 9.25. The van der Waals surface area contributed by atoms with Crippen molar-refractivity contribution in [3.63, 3.8) is 0 Å². The Labute approximate surface area is 190 Å². The van der Waals surface area contributed by atoms with Crippen molar-refractivity contribution in [3.8, 4) is 0 Å². The second-order valence-corrected chi connectivity index (χ2v) is 9.38. The minimum Gasteiger partial charge on any atom is -0.478 e. The third-order valence-corrected chi connectivity index (χ3v) is 6.64. The van der Waals surface area contributed by atoms with E-state index in [0.29, 0.717) is 22.2 Å². The summed E-state index contributed by atoms with van der Waals surface area (Å²) in [7, 11) is -3.83. The Morgan fingerprint density at radius 2 is 1.61 bits per heavy atom. The maximum absolute atomic E-state index is 13.2. The lowest BCUT2D eigenvalue weighted by molar-refractivity contribution is -0.121. The zero-order chi connectivity index (χ0) is 23.4. The van der Waals surface area contributed by atoms with Crippen LogP contribution in [0.5, 0.6) is 0 Å². The summed E-state index contributed by atoms with van der Waals surface area (Å²) in [6, 6.07) is 22.0. The van der Waals surface area contributed by atoms with Crippen molar-refractivity contribution < 1.29 is 23.1 Å². The van der Waals surface area contributed by atoms with Crippen LogP contribution in [0.15, 0.2) is 84.0 Å². The molecule has 0 radical (unpaired) electrons. The van der Waals surface area contributed by atoms with Crippen molar-refractivity contribution in [1.29, 1.82) is 0 Å². The Morgan fingerprint density at radius 3 is 2.36 bits per heavy atom. The molecule has 4 aromatic rings. The van der Waals surface area contributed by atoms with Crippen molar-refractivity contribution in [3.05, 3.63) is 95.6 Å². The second-order valence-electron chi connectivity index (χ2n) is 7.50. The molecule has 0 fully saturated rings. The number of sulfone groups is 1. The Balaban J connectivity index is 1.58. The number of para-hydroxylation sites is 2. The predicted molar refractivity (Wildman–Crippen MR) is 122 cm³/mol. The number of nitrogens with zero attached hydrogens (tertiary/aromatic N) is 2. The third-order valence-electron chi connectivity index (χ3n) is 5.06. The van der Waals surface area contributed by atoms with Gasteiger partial charge in [-0.05, 0) is 35.4 Å². The van der Waals surface area contributed by atoms with E-state index in [1.165, 1.54) is 16.7 Å². The molecule has 8 nitrogen and oxygen atoms in total. The molecular weight excluding hydrogens is 442 g/mol. The molecule has 0 aliphatic heterocycles. The largest absolute Gasteiger partial charge is 0.478 e. The summed E-state index contributed by atoms with van der Waals surface area (Å²) in [5.41, 5.74) is 2.38. The first kappa shape index (κ1) is 22.2. The molecule has 0 aliphatic carbocycles. The van der Waals surface area contributed by atoms with Crippen molar-refractivity contribution in [1.82, 2.24) is 14.9 Å². The van der Waals surface area contributed by atoms with Crippen LogP contribution in [0, 0.1) is 0 Å². The number of rotatable bonds is 8. The number of carboxylic acids is 1. The van der Waals surface area contributed by atoms with Crippen LogP contribution in [0.4, 0.5) is 0 Å². The van der Waals surface area contributed by atoms with Gasteiger partial charge in [0.2, 0.25) is 20.9 Å². The molecule has 0 saturated heterocycles. The molecule has 3 aromatic carbocycles. The van der Waals surface area contributed by atoms with Crippen LogP contribution in [0.1, 0.15) is 21.5 Å². The summed E-state index contributed by atoms with van der Waals surface area (Å²) in [5, 5.41) is 11.7. The summed E-state index contributed by atoms with van der Waals surface area (Å²) >= 11 is 0. The predicted octanol–water partition coefficient (Wildman–Crippen LogP) is 3.02. The van der Waals surface area contributed by atoms with Gasteiger partial charge in [0, 0.05) is 6.54 Å². The summed E-state index contributed by atoms with van der Waals surface area (Å²) in [5.74, 6) is -1.71. The van der Waals surface area contributed by atoms with E-state index in [0.717, 1.165) is 0 Å². The van der Waals surface area contributed by atoms with E-state index in [1.807, 2.05) is 6.07 Å². The van der Waals surface area contributed by atoms with Crippen LogP contribution in [0.3, 0.4) is 0 Å². The molecule has 0 atom stereocenters. The zero-order valence-corrected chi connectivity index (χ0v) is 18.3. The van der Waals surface area contributed by atoms with Gasteiger partial charge in [0.15, 0.2) is 0 Å². The molecule has 9 heteroatoms. The number of benzene rings is 3. The lowest BCUT2D eigenvalue weighted by Crippen LogP contribution is -2.28. The molecule has 0 spiro atoms. The minimum atomic E-state index is -3.83. The number of amides is 1. The minimum absolute atomic E-state index is 0.110. The van der Waals surface area contributed by atoms with E-state index >= 15 is 0 Å². The average Bonchev–Trinajstić information content (AvgIpc) is 3.18. The number of carbonyl (C=O) groups is 2. The topological polar surface area (TPSA) is 118 Å². The molecule has 1 aromatic heterocycles. The Hall–Kier alpha value is -3.98. The van der Waals surface area contributed by atoms with Gasteiger partial charge in [-0.2, -0.15) is 0 Å². The van der Waals surface area contributed by atoms with Gasteiger partial charge < -0.3 is 15.0 Å². The van der Waals surface area contributed by atoms with Gasteiger partial charge in [-0.15, -0.1) is 0 Å². The van der Waals surface area contributed by atoms with E-state index in [1.54, 1.807) is 60.7 Å². The third kappa shape index (κ3) is 5.09. The fourth-order valence-corrected chi connectivity index (χ4v) is 5.01. The normalized spacial score (nSPS) is 11.4. The van der Waals surface area contributed by atoms with E-state index < -0.39 is 21.7 Å². The standard InChI is InChI=1S/C24H21N3O5S/c28-22(25-14-18-9-6-10-19(13-18)23(29)30)15-27-21-12-5-4-11-20(21)26-24(27)33(31,32)16-17-7-2-1-3-8-17/h1-13H,14-16H2,(H,25,28)(H,29,30). The maximum Gasteiger partial charge on any atom is 0.335 e. The molecule has 0 bridgehead atoms. The van der Waals surface area contributed by atoms with Crippen LogP contribution >= 0.6 is 0 Å². The summed E-state index contributed by atoms with van der Waals surface area (Å²) in [6.07, 6.45) is 0. The Kier molecular flexibility index (Phi) is 6.23. The van der Waals surface area contributed by atoms with Crippen LogP contribution in [0.25, 0.3) is 11.0 Å². The first-order valence-corrected chi connectivity index (χ1v) is 11.8. The van der Waals surface area contributed by atoms with Crippen molar-refractivity contribution in [2.45, 2.75) is 24.0 Å². The molecular formula is C24H21N3O5S. The SMILES string of the molecule is O=C(Cn1c(S(=O)(=O)Cc2ccccc2)nc2ccccc21)NCc1cccc(C(=O)O)c1. The molecule has 168 valence electrons. The lowest BCUT2D eigenvalue weighted by Gasteiger charge is -2.11. The van der Waals surface area contributed by atoms with Gasteiger partial charge >= 0.3 is 5.97 Å². The number of aromatic carboxylic acids is 1. The molecule has 1 amide bonds. The number of fused-ring (bicyclic) bond motifs is 1. The zero-order valence-electron chi connectivity index (χ0n) is 17.5. The van der Waals surface area contributed by atoms with E-state index in [9.17, 15) is 18.0 Å². The van der Waals surface area contributed by atoms with E-state index in [2.05, 4.69) is 10.3 Å². The molecule has 33 heavy (non-hydrogen) atoms. The molecule has 2 N–H and O–H groups in total. The number of carbonyl (C=O) groups excluding carboxylic acids is 1. The Bertz CT molecular complexity index is 1430. The van der Waals surface area contributed by atoms with Gasteiger partial charge in [-0.25, -0.2) is 18.2 Å². The number of hydrogen-bond acceptors (Lipinski definition) is 5. The number of carboxylic acid groups (broad SMARTS) is 1. The fraction of sp³-hybridized carbons (Fsp3) is 0.125. The molecule has 1 heterocycles. The van der Waals surface area contributed by atoms with Gasteiger partial charge in [-0.1, -0.05) is 54.6 Å². The summed E-state index contributed by atoms with van der Waals surface area (Å²) in [6.45, 7) is -0.138. The van der Waals surface area contributed by atoms with Crippen molar-refractivity contribution >= 4 is 32.7 Å². The quantitative estimate of drug-likeness (QED) is 0.415. The van der Waals surface area contributed by atoms with Crippen LogP contribution < -0.4 is 5.32 Å². The highest BCUT2D eigenvalue weighted by atomic mass is 32.2. The van der Waals surface area contributed by atoms with Crippen LogP contribution in [0.2, 0.25) is 0 Å². The fourth-order valence-electron chi connectivity index (χ4n) is 3.52. The molecule has 0 unspecified atom stereocenters. The Morgan fingerprint density at radius 1 is 0.909 bits per heavy atom. The number of imidazole rings is 1. The van der Waals surface area contributed by atoms with Gasteiger partial charge in [0.1, 0.15) is 6.54 Å². The highest BCUT2D eigenvalue weighted by molar-refractivity contribution is 7.90. The monoisotopic (exact) mass is 463 g/mol. The number of hydrogen-bond donors (Lipinski definition) is 2. The average molecular weight is 464 g/mol. The molecule has 0 saturated carbocycles. The maximum atomic E-state index is 13.2. The molecule has 0 aliphatic rings. The van der Waals surface area contributed by atoms with Crippen LogP contribution in [-0.4, -0.2) is 35.0 Å². The van der Waals surface area contributed by atoms with Crippen molar-refractivity contribution in [2.75, 3.05) is 0 Å². The van der Waals surface area contributed by atoms with Gasteiger partial charge in [0.25, 0.3) is 0 Å². The summed E-state index contributed by atoms with van der Waals surface area (Å²) in [4.78, 5) is 28.2. The van der Waals surface area contributed by atoms with Crippen molar-refractivity contribution in [2.24, 2.45) is 0 Å². The van der Waals surface area contributed by atoms with Crippen LogP contribution in [-0.2, 0) is 33.5 Å². The highest BCUT2D eigenvalue weighted by Gasteiger charge is 2.25. The summed E-state index contributed by atoms with van der Waals surface area (Å²) < 4.78 is 27.8. The smallest absolute Gasteiger partial charge is 0.335 e. The highest BCUT2D eigenvalue weighted by Crippen LogP contribution is 2.22. The first-order valence-electron chi connectivity index (χ1n) is 10.1. The first-order chi connectivity index (χ1) is 15.8. The van der Waals surface area contributed by atoms with E-state index in [4.69, 9.17) is 5.11 Å².